The minimum atomic E-state index is -0.102. The molecule has 3 aromatic carbocycles. The van der Waals surface area contributed by atoms with Crippen LogP contribution in [-0.2, 0) is 6.54 Å². The van der Waals surface area contributed by atoms with E-state index < -0.39 is 0 Å². The molecule has 1 fully saturated rings. The maximum absolute atomic E-state index is 12.4. The molecule has 146 valence electrons. The lowest BCUT2D eigenvalue weighted by atomic mass is 9.97. The second-order valence-corrected chi connectivity index (χ2v) is 7.52. The highest BCUT2D eigenvalue weighted by Gasteiger charge is 2.24. The highest BCUT2D eigenvalue weighted by molar-refractivity contribution is 5.97. The molecule has 2 N–H and O–H groups in total. The lowest BCUT2D eigenvalue weighted by Gasteiger charge is -2.11. The van der Waals surface area contributed by atoms with E-state index in [9.17, 15) is 9.59 Å². The van der Waals surface area contributed by atoms with Gasteiger partial charge in [-0.2, -0.15) is 0 Å². The molecule has 0 heterocycles. The third-order valence-electron chi connectivity index (χ3n) is 5.17. The summed E-state index contributed by atoms with van der Waals surface area (Å²) in [7, 11) is 0. The predicted molar refractivity (Wildman–Crippen MR) is 115 cm³/mol. The molecule has 0 saturated heterocycles. The molecule has 4 rings (SSSR count). The van der Waals surface area contributed by atoms with E-state index in [0.29, 0.717) is 23.7 Å². The molecular formula is C25H24N2O2. The van der Waals surface area contributed by atoms with Crippen molar-refractivity contribution in [3.63, 3.8) is 0 Å². The zero-order chi connectivity index (χ0) is 20.2. The Morgan fingerprint density at radius 1 is 0.862 bits per heavy atom. The first kappa shape index (κ1) is 18.9. The van der Waals surface area contributed by atoms with Crippen LogP contribution in [0.5, 0.6) is 0 Å². The minimum Gasteiger partial charge on any atom is -0.349 e. The fourth-order valence-corrected chi connectivity index (χ4v) is 3.25. The van der Waals surface area contributed by atoms with Gasteiger partial charge in [0.05, 0.1) is 0 Å². The average molecular weight is 384 g/mol. The summed E-state index contributed by atoms with van der Waals surface area (Å²) in [5, 5.41) is 5.97. The first-order chi connectivity index (χ1) is 14.1. The van der Waals surface area contributed by atoms with E-state index >= 15 is 0 Å². The van der Waals surface area contributed by atoms with E-state index in [1.165, 1.54) is 0 Å². The van der Waals surface area contributed by atoms with Crippen molar-refractivity contribution in [2.24, 2.45) is 0 Å². The lowest BCUT2D eigenvalue weighted by molar-refractivity contribution is 0.0943. The van der Waals surface area contributed by atoms with Gasteiger partial charge in [0.1, 0.15) is 0 Å². The molecule has 0 aromatic heterocycles. The molecule has 3 aromatic rings. The lowest BCUT2D eigenvalue weighted by Crippen LogP contribution is -2.25. The van der Waals surface area contributed by atoms with Crippen LogP contribution >= 0.6 is 0 Å². The topological polar surface area (TPSA) is 58.2 Å². The van der Waals surface area contributed by atoms with Crippen molar-refractivity contribution in [2.45, 2.75) is 32.4 Å². The number of carbonyl (C=O) groups is 2. The number of hydrogen-bond acceptors (Lipinski definition) is 2. The summed E-state index contributed by atoms with van der Waals surface area (Å²) in [5.74, 6) is -0.125. The number of rotatable bonds is 6. The number of nitrogens with one attached hydrogen (secondary N) is 2. The summed E-state index contributed by atoms with van der Waals surface area (Å²) in [5.41, 5.74) is 5.43. The molecule has 0 aliphatic heterocycles. The van der Waals surface area contributed by atoms with Crippen LogP contribution in [0.2, 0.25) is 0 Å². The number of amides is 2. The van der Waals surface area contributed by atoms with Gasteiger partial charge in [-0.05, 0) is 66.3 Å². The van der Waals surface area contributed by atoms with Gasteiger partial charge in [-0.1, -0.05) is 48.5 Å². The third kappa shape index (κ3) is 4.72. The molecule has 1 aliphatic carbocycles. The summed E-state index contributed by atoms with van der Waals surface area (Å²) in [4.78, 5) is 24.8. The van der Waals surface area contributed by atoms with E-state index in [0.717, 1.165) is 35.1 Å². The first-order valence-corrected chi connectivity index (χ1v) is 9.94. The summed E-state index contributed by atoms with van der Waals surface area (Å²) in [6.45, 7) is 2.52. The van der Waals surface area contributed by atoms with Gasteiger partial charge in [0.2, 0.25) is 0 Å². The Balaban J connectivity index is 1.47. The molecule has 4 nitrogen and oxygen atoms in total. The molecule has 0 atom stereocenters. The van der Waals surface area contributed by atoms with E-state index in [1.807, 2.05) is 79.7 Å². The Labute approximate surface area is 171 Å². The SMILES string of the molecule is Cc1ccc(C(=O)NC2CC2)cc1-c1ccc(C(=O)NCc2ccccc2)cc1. The van der Waals surface area contributed by atoms with Crippen molar-refractivity contribution >= 4 is 11.8 Å². The molecule has 0 radical (unpaired) electrons. The molecule has 0 bridgehead atoms. The Morgan fingerprint density at radius 3 is 2.24 bits per heavy atom. The van der Waals surface area contributed by atoms with Gasteiger partial charge >= 0.3 is 0 Å². The van der Waals surface area contributed by atoms with E-state index in [4.69, 9.17) is 0 Å². The fraction of sp³-hybridized carbons (Fsp3) is 0.200. The summed E-state index contributed by atoms with van der Waals surface area (Å²) < 4.78 is 0. The molecule has 0 unspecified atom stereocenters. The third-order valence-corrected chi connectivity index (χ3v) is 5.17. The van der Waals surface area contributed by atoms with Gasteiger partial charge in [-0.15, -0.1) is 0 Å². The monoisotopic (exact) mass is 384 g/mol. The van der Waals surface area contributed by atoms with Gasteiger partial charge in [0.25, 0.3) is 11.8 Å². The molecule has 1 saturated carbocycles. The van der Waals surface area contributed by atoms with Crippen LogP contribution in [0.15, 0.2) is 72.8 Å². The van der Waals surface area contributed by atoms with E-state index in [1.54, 1.807) is 0 Å². The average Bonchev–Trinajstić information content (AvgIpc) is 3.57. The normalized spacial score (nSPS) is 13.0. The van der Waals surface area contributed by atoms with Crippen LogP contribution in [0.1, 0.15) is 44.7 Å². The van der Waals surface area contributed by atoms with Gasteiger partial charge in [-0.25, -0.2) is 0 Å². The fourth-order valence-electron chi connectivity index (χ4n) is 3.25. The zero-order valence-electron chi connectivity index (χ0n) is 16.4. The van der Waals surface area contributed by atoms with Gasteiger partial charge in [0.15, 0.2) is 0 Å². The number of aryl methyl sites for hydroxylation is 1. The smallest absolute Gasteiger partial charge is 0.251 e. The number of carbonyl (C=O) groups excluding carboxylic acids is 2. The van der Waals surface area contributed by atoms with Crippen molar-refractivity contribution in [2.75, 3.05) is 0 Å². The Kier molecular flexibility index (Phi) is 5.43. The van der Waals surface area contributed by atoms with Crippen molar-refractivity contribution < 1.29 is 9.59 Å². The summed E-state index contributed by atoms with van der Waals surface area (Å²) >= 11 is 0. The van der Waals surface area contributed by atoms with Crippen LogP contribution < -0.4 is 10.6 Å². The Morgan fingerprint density at radius 2 is 1.55 bits per heavy atom. The molecule has 4 heteroatoms. The Bertz CT molecular complexity index is 1020. The van der Waals surface area contributed by atoms with Crippen LogP contribution in [0, 0.1) is 6.92 Å². The summed E-state index contributed by atoms with van der Waals surface area (Å²) in [6, 6.07) is 23.4. The van der Waals surface area contributed by atoms with E-state index in [-0.39, 0.29) is 11.8 Å². The molecular weight excluding hydrogens is 360 g/mol. The van der Waals surface area contributed by atoms with Gasteiger partial charge in [-0.3, -0.25) is 9.59 Å². The zero-order valence-corrected chi connectivity index (χ0v) is 16.4. The second kappa shape index (κ2) is 8.31. The van der Waals surface area contributed by atoms with Crippen molar-refractivity contribution in [3.05, 3.63) is 95.1 Å². The predicted octanol–water partition coefficient (Wildman–Crippen LogP) is 4.48. The van der Waals surface area contributed by atoms with Crippen molar-refractivity contribution in [1.29, 1.82) is 0 Å². The Hall–Kier alpha value is -3.40. The quantitative estimate of drug-likeness (QED) is 0.658. The minimum absolute atomic E-state index is 0.0225. The van der Waals surface area contributed by atoms with Gasteiger partial charge in [0, 0.05) is 23.7 Å². The summed E-state index contributed by atoms with van der Waals surface area (Å²) in [6.07, 6.45) is 2.14. The van der Waals surface area contributed by atoms with Gasteiger partial charge < -0.3 is 10.6 Å². The van der Waals surface area contributed by atoms with Crippen LogP contribution in [0.4, 0.5) is 0 Å². The van der Waals surface area contributed by atoms with Crippen LogP contribution in [0.25, 0.3) is 11.1 Å². The highest BCUT2D eigenvalue weighted by Crippen LogP contribution is 2.26. The van der Waals surface area contributed by atoms with Crippen molar-refractivity contribution in [1.82, 2.24) is 10.6 Å². The molecule has 29 heavy (non-hydrogen) atoms. The maximum Gasteiger partial charge on any atom is 0.251 e. The van der Waals surface area contributed by atoms with Crippen molar-refractivity contribution in [3.8, 4) is 11.1 Å². The number of benzene rings is 3. The van der Waals surface area contributed by atoms with E-state index in [2.05, 4.69) is 10.6 Å². The largest absolute Gasteiger partial charge is 0.349 e. The molecule has 0 spiro atoms. The molecule has 2 amide bonds. The maximum atomic E-state index is 12.4. The van der Waals surface area contributed by atoms with Crippen LogP contribution in [-0.4, -0.2) is 17.9 Å². The highest BCUT2D eigenvalue weighted by atomic mass is 16.2. The standard InChI is InChI=1S/C25H24N2O2/c1-17-7-8-21(25(29)27-22-13-14-22)15-23(17)19-9-11-20(12-10-19)24(28)26-16-18-5-3-2-4-6-18/h2-12,15,22H,13-14,16H2,1H3,(H,26,28)(H,27,29). The number of hydrogen-bond donors (Lipinski definition) is 2. The first-order valence-electron chi connectivity index (χ1n) is 9.94. The molecule has 1 aliphatic rings. The second-order valence-electron chi connectivity index (χ2n) is 7.52. The van der Waals surface area contributed by atoms with Crippen LogP contribution in [0.3, 0.4) is 0 Å².